The molecule has 0 aromatic heterocycles. The molecule has 0 bridgehead atoms. The zero-order chi connectivity index (χ0) is 12.7. The van der Waals surface area contributed by atoms with Crippen LogP contribution in [-0.4, -0.2) is 43.0 Å². The summed E-state index contributed by atoms with van der Waals surface area (Å²) in [6, 6.07) is 0.378. The van der Waals surface area contributed by atoms with E-state index in [1.54, 1.807) is 0 Å². The maximum absolute atomic E-state index is 11.7. The van der Waals surface area contributed by atoms with E-state index in [0.717, 1.165) is 45.4 Å². The number of nitrogens with one attached hydrogen (secondary N) is 1. The average Bonchev–Trinajstić information content (AvgIpc) is 2.29. The van der Waals surface area contributed by atoms with Gasteiger partial charge in [0.2, 0.25) is 5.91 Å². The van der Waals surface area contributed by atoms with Crippen molar-refractivity contribution < 1.29 is 4.79 Å². The fourth-order valence-electron chi connectivity index (χ4n) is 2.20. The van der Waals surface area contributed by atoms with Crippen LogP contribution in [0.25, 0.3) is 0 Å². The molecule has 4 nitrogen and oxygen atoms in total. The number of nitrogens with two attached hydrogens (primary N) is 1. The van der Waals surface area contributed by atoms with Gasteiger partial charge in [-0.05, 0) is 25.2 Å². The molecular formula is C13H27N3O. The van der Waals surface area contributed by atoms with E-state index in [1.807, 2.05) is 0 Å². The summed E-state index contributed by atoms with van der Waals surface area (Å²) in [7, 11) is 0. The van der Waals surface area contributed by atoms with Crippen LogP contribution in [0.3, 0.4) is 0 Å². The molecule has 1 heterocycles. The van der Waals surface area contributed by atoms with E-state index in [0.29, 0.717) is 18.4 Å². The van der Waals surface area contributed by atoms with Gasteiger partial charge in [-0.2, -0.15) is 0 Å². The van der Waals surface area contributed by atoms with Gasteiger partial charge in [0, 0.05) is 38.6 Å². The Bertz CT molecular complexity index is 223. The number of carbonyl (C=O) groups is 1. The Kier molecular flexibility index (Phi) is 6.52. The van der Waals surface area contributed by atoms with Gasteiger partial charge in [0.05, 0.1) is 0 Å². The molecule has 1 rings (SSSR count). The predicted octanol–water partition coefficient (Wildman–Crippen LogP) is 0.962. The highest BCUT2D eigenvalue weighted by Gasteiger charge is 2.19. The van der Waals surface area contributed by atoms with E-state index in [4.69, 9.17) is 5.73 Å². The number of piperidine rings is 1. The second-order valence-corrected chi connectivity index (χ2v) is 5.40. The first-order valence-corrected chi connectivity index (χ1v) is 6.83. The first-order chi connectivity index (χ1) is 8.11. The molecule has 1 saturated heterocycles. The predicted molar refractivity (Wildman–Crippen MR) is 70.7 cm³/mol. The fraction of sp³-hybridized carbons (Fsp3) is 0.923. The molecule has 0 radical (unpaired) electrons. The Balaban J connectivity index is 2.14. The van der Waals surface area contributed by atoms with Crippen molar-refractivity contribution in [3.05, 3.63) is 0 Å². The molecule has 1 fully saturated rings. The molecule has 0 spiro atoms. The summed E-state index contributed by atoms with van der Waals surface area (Å²) in [4.78, 5) is 14.1. The van der Waals surface area contributed by atoms with Crippen LogP contribution in [-0.2, 0) is 4.79 Å². The highest BCUT2D eigenvalue weighted by molar-refractivity contribution is 5.76. The van der Waals surface area contributed by atoms with E-state index in [1.165, 1.54) is 0 Å². The monoisotopic (exact) mass is 241 g/mol. The zero-order valence-electron chi connectivity index (χ0n) is 11.2. The maximum Gasteiger partial charge on any atom is 0.220 e. The summed E-state index contributed by atoms with van der Waals surface area (Å²) < 4.78 is 0. The molecule has 0 saturated carbocycles. The Morgan fingerprint density at radius 2 is 2.06 bits per heavy atom. The average molecular weight is 241 g/mol. The summed E-state index contributed by atoms with van der Waals surface area (Å²) in [5, 5.41) is 3.14. The Hall–Kier alpha value is -0.610. The minimum Gasteiger partial charge on any atom is -0.353 e. The number of hydrogen-bond acceptors (Lipinski definition) is 3. The molecule has 0 aromatic carbocycles. The Labute approximate surface area is 105 Å². The van der Waals surface area contributed by atoms with Crippen LogP contribution >= 0.6 is 0 Å². The first-order valence-electron chi connectivity index (χ1n) is 6.83. The summed E-state index contributed by atoms with van der Waals surface area (Å²) in [5.41, 5.74) is 5.53. The third-order valence-electron chi connectivity index (χ3n) is 3.35. The number of hydrogen-bond donors (Lipinski definition) is 2. The highest BCUT2D eigenvalue weighted by Crippen LogP contribution is 2.10. The van der Waals surface area contributed by atoms with E-state index >= 15 is 0 Å². The summed E-state index contributed by atoms with van der Waals surface area (Å²) in [5.74, 6) is 0.822. The maximum atomic E-state index is 11.7. The SMILES string of the molecule is CC(C)CCC(=O)NC1CCN(CCN)CC1. The molecule has 1 aliphatic rings. The lowest BCUT2D eigenvalue weighted by atomic mass is 10.0. The van der Waals surface area contributed by atoms with Gasteiger partial charge in [0.15, 0.2) is 0 Å². The van der Waals surface area contributed by atoms with Crippen molar-refractivity contribution in [2.24, 2.45) is 11.7 Å². The van der Waals surface area contributed by atoms with Gasteiger partial charge < -0.3 is 16.0 Å². The highest BCUT2D eigenvalue weighted by atomic mass is 16.1. The standard InChI is InChI=1S/C13H27N3O/c1-11(2)3-4-13(17)15-12-5-8-16(9-6-12)10-7-14/h11-12H,3-10,14H2,1-2H3,(H,15,17). The van der Waals surface area contributed by atoms with Gasteiger partial charge in [0.1, 0.15) is 0 Å². The van der Waals surface area contributed by atoms with Crippen molar-refractivity contribution in [3.8, 4) is 0 Å². The van der Waals surface area contributed by atoms with Crippen LogP contribution in [0.1, 0.15) is 39.5 Å². The Morgan fingerprint density at radius 1 is 1.41 bits per heavy atom. The van der Waals surface area contributed by atoms with Gasteiger partial charge in [-0.15, -0.1) is 0 Å². The summed E-state index contributed by atoms with van der Waals surface area (Å²) in [6.07, 6.45) is 3.78. The van der Waals surface area contributed by atoms with Crippen LogP contribution in [0.5, 0.6) is 0 Å². The van der Waals surface area contributed by atoms with Crippen molar-refractivity contribution in [2.45, 2.75) is 45.6 Å². The second kappa shape index (κ2) is 7.67. The van der Waals surface area contributed by atoms with Crippen molar-refractivity contribution in [1.29, 1.82) is 0 Å². The normalized spacial score (nSPS) is 18.6. The van der Waals surface area contributed by atoms with E-state index in [2.05, 4.69) is 24.1 Å². The molecule has 4 heteroatoms. The van der Waals surface area contributed by atoms with Gasteiger partial charge in [-0.3, -0.25) is 4.79 Å². The van der Waals surface area contributed by atoms with Gasteiger partial charge in [-0.1, -0.05) is 13.8 Å². The smallest absolute Gasteiger partial charge is 0.220 e. The fourth-order valence-corrected chi connectivity index (χ4v) is 2.20. The van der Waals surface area contributed by atoms with Crippen LogP contribution in [0.2, 0.25) is 0 Å². The van der Waals surface area contributed by atoms with Crippen molar-refractivity contribution >= 4 is 5.91 Å². The molecule has 0 aliphatic carbocycles. The molecule has 0 aromatic rings. The lowest BCUT2D eigenvalue weighted by molar-refractivity contribution is -0.122. The van der Waals surface area contributed by atoms with Crippen LogP contribution < -0.4 is 11.1 Å². The van der Waals surface area contributed by atoms with Crippen molar-refractivity contribution in [1.82, 2.24) is 10.2 Å². The number of likely N-dealkylation sites (tertiary alicyclic amines) is 1. The zero-order valence-corrected chi connectivity index (χ0v) is 11.2. The molecule has 1 aliphatic heterocycles. The Morgan fingerprint density at radius 3 is 2.59 bits per heavy atom. The van der Waals surface area contributed by atoms with Crippen molar-refractivity contribution in [3.63, 3.8) is 0 Å². The molecule has 100 valence electrons. The van der Waals surface area contributed by atoms with Gasteiger partial charge in [-0.25, -0.2) is 0 Å². The quantitative estimate of drug-likeness (QED) is 0.728. The minimum atomic E-state index is 0.218. The lowest BCUT2D eigenvalue weighted by Crippen LogP contribution is -2.45. The number of nitrogens with zero attached hydrogens (tertiary/aromatic N) is 1. The second-order valence-electron chi connectivity index (χ2n) is 5.40. The molecule has 0 atom stereocenters. The summed E-state index contributed by atoms with van der Waals surface area (Å²) >= 11 is 0. The molecule has 17 heavy (non-hydrogen) atoms. The van der Waals surface area contributed by atoms with Gasteiger partial charge >= 0.3 is 0 Å². The first kappa shape index (κ1) is 14.5. The molecular weight excluding hydrogens is 214 g/mol. The van der Waals surface area contributed by atoms with Crippen LogP contribution in [0.15, 0.2) is 0 Å². The third kappa shape index (κ3) is 6.03. The molecule has 1 amide bonds. The van der Waals surface area contributed by atoms with E-state index < -0.39 is 0 Å². The third-order valence-corrected chi connectivity index (χ3v) is 3.35. The van der Waals surface area contributed by atoms with Crippen molar-refractivity contribution in [2.75, 3.05) is 26.2 Å². The lowest BCUT2D eigenvalue weighted by Gasteiger charge is -2.32. The number of rotatable bonds is 6. The minimum absolute atomic E-state index is 0.218. The topological polar surface area (TPSA) is 58.4 Å². The van der Waals surface area contributed by atoms with E-state index in [-0.39, 0.29) is 5.91 Å². The number of carbonyl (C=O) groups excluding carboxylic acids is 1. The molecule has 0 unspecified atom stereocenters. The summed E-state index contributed by atoms with van der Waals surface area (Å²) in [6.45, 7) is 8.13. The number of amides is 1. The largest absolute Gasteiger partial charge is 0.353 e. The van der Waals surface area contributed by atoms with Crippen LogP contribution in [0, 0.1) is 5.92 Å². The van der Waals surface area contributed by atoms with Gasteiger partial charge in [0.25, 0.3) is 0 Å². The van der Waals surface area contributed by atoms with E-state index in [9.17, 15) is 4.79 Å². The van der Waals surface area contributed by atoms with Crippen LogP contribution in [0.4, 0.5) is 0 Å². The molecule has 3 N–H and O–H groups in total.